The minimum atomic E-state index is -0.179. The summed E-state index contributed by atoms with van der Waals surface area (Å²) in [6, 6.07) is 8.12. The van der Waals surface area contributed by atoms with E-state index in [4.69, 9.17) is 0 Å². The third-order valence-corrected chi connectivity index (χ3v) is 4.09. The van der Waals surface area contributed by atoms with E-state index in [1.54, 1.807) is 0 Å². The standard InChI is InChI=1S/C16H17NO2/c1-2-5-11-10-14(13-7-4-3-6-12(11)13)17-15(18)8-9-16(17)19/h3-4,6-9,11,14H,2,5,10H2,1H3/t11-,14-/m0/s1. The predicted octanol–water partition coefficient (Wildman–Crippen LogP) is 2.94. The Labute approximate surface area is 112 Å². The molecule has 2 atom stereocenters. The van der Waals surface area contributed by atoms with Gasteiger partial charge in [0.25, 0.3) is 11.8 Å². The van der Waals surface area contributed by atoms with Crippen LogP contribution in [0.15, 0.2) is 36.4 Å². The average Bonchev–Trinajstić information content (AvgIpc) is 2.92. The van der Waals surface area contributed by atoms with Gasteiger partial charge in [-0.25, -0.2) is 0 Å². The molecule has 0 unspecified atom stereocenters. The minimum Gasteiger partial charge on any atom is -0.269 e. The first-order valence-corrected chi connectivity index (χ1v) is 6.86. The predicted molar refractivity (Wildman–Crippen MR) is 72.4 cm³/mol. The molecule has 0 saturated heterocycles. The van der Waals surface area contributed by atoms with Crippen LogP contribution in [0, 0.1) is 0 Å². The van der Waals surface area contributed by atoms with Crippen molar-refractivity contribution >= 4 is 11.8 Å². The van der Waals surface area contributed by atoms with Crippen LogP contribution in [-0.2, 0) is 9.59 Å². The molecule has 2 amide bonds. The van der Waals surface area contributed by atoms with Gasteiger partial charge in [0.1, 0.15) is 0 Å². The highest BCUT2D eigenvalue weighted by molar-refractivity contribution is 6.13. The summed E-state index contributed by atoms with van der Waals surface area (Å²) in [5, 5.41) is 0. The lowest BCUT2D eigenvalue weighted by Crippen LogP contribution is -2.33. The van der Waals surface area contributed by atoms with Gasteiger partial charge in [-0.1, -0.05) is 37.6 Å². The van der Waals surface area contributed by atoms with Gasteiger partial charge in [-0.05, 0) is 29.9 Å². The van der Waals surface area contributed by atoms with Gasteiger partial charge >= 0.3 is 0 Å². The molecule has 98 valence electrons. The van der Waals surface area contributed by atoms with Crippen molar-refractivity contribution in [2.24, 2.45) is 0 Å². The zero-order valence-corrected chi connectivity index (χ0v) is 11.0. The summed E-state index contributed by atoms with van der Waals surface area (Å²) in [5.74, 6) is 0.108. The zero-order chi connectivity index (χ0) is 13.4. The Morgan fingerprint density at radius 1 is 1.11 bits per heavy atom. The maximum atomic E-state index is 11.9. The Hall–Kier alpha value is -1.90. The van der Waals surface area contributed by atoms with E-state index in [0.717, 1.165) is 24.8 Å². The summed E-state index contributed by atoms with van der Waals surface area (Å²) in [6.07, 6.45) is 5.84. The van der Waals surface area contributed by atoms with Crippen LogP contribution in [0.4, 0.5) is 0 Å². The molecule has 0 fully saturated rings. The van der Waals surface area contributed by atoms with E-state index in [9.17, 15) is 9.59 Å². The van der Waals surface area contributed by atoms with Gasteiger partial charge in [-0.2, -0.15) is 0 Å². The van der Waals surface area contributed by atoms with Crippen LogP contribution < -0.4 is 0 Å². The molecule has 3 heteroatoms. The summed E-state index contributed by atoms with van der Waals surface area (Å²) < 4.78 is 0. The fraction of sp³-hybridized carbons (Fsp3) is 0.375. The lowest BCUT2D eigenvalue weighted by molar-refractivity contribution is -0.139. The van der Waals surface area contributed by atoms with Gasteiger partial charge in [-0.3, -0.25) is 14.5 Å². The Bertz CT molecular complexity index is 544. The quantitative estimate of drug-likeness (QED) is 0.779. The first kappa shape index (κ1) is 12.2. The third-order valence-electron chi connectivity index (χ3n) is 4.09. The highest BCUT2D eigenvalue weighted by Crippen LogP contribution is 2.46. The molecular formula is C16H17NO2. The number of carbonyl (C=O) groups is 2. The Balaban J connectivity index is 1.97. The summed E-state index contributed by atoms with van der Waals surface area (Å²) in [6.45, 7) is 2.17. The fourth-order valence-corrected chi connectivity index (χ4v) is 3.29. The van der Waals surface area contributed by atoms with Gasteiger partial charge in [0, 0.05) is 12.2 Å². The van der Waals surface area contributed by atoms with Crippen molar-refractivity contribution in [1.82, 2.24) is 4.90 Å². The number of nitrogens with zero attached hydrogens (tertiary/aromatic N) is 1. The van der Waals surface area contributed by atoms with Crippen LogP contribution >= 0.6 is 0 Å². The van der Waals surface area contributed by atoms with Crippen molar-refractivity contribution in [2.75, 3.05) is 0 Å². The van der Waals surface area contributed by atoms with Gasteiger partial charge in [0.15, 0.2) is 0 Å². The minimum absolute atomic E-state index is 0.0808. The summed E-state index contributed by atoms with van der Waals surface area (Å²) >= 11 is 0. The highest BCUT2D eigenvalue weighted by Gasteiger charge is 2.39. The number of hydrogen-bond acceptors (Lipinski definition) is 2. The lowest BCUT2D eigenvalue weighted by Gasteiger charge is -2.23. The number of rotatable bonds is 3. The second-order valence-corrected chi connectivity index (χ2v) is 5.25. The number of hydrogen-bond donors (Lipinski definition) is 0. The Morgan fingerprint density at radius 3 is 2.37 bits per heavy atom. The van der Waals surface area contributed by atoms with Crippen molar-refractivity contribution in [3.63, 3.8) is 0 Å². The van der Waals surface area contributed by atoms with E-state index in [-0.39, 0.29) is 17.9 Å². The lowest BCUT2D eigenvalue weighted by atomic mass is 9.97. The van der Waals surface area contributed by atoms with E-state index in [0.29, 0.717) is 5.92 Å². The molecule has 0 bridgehead atoms. The van der Waals surface area contributed by atoms with E-state index >= 15 is 0 Å². The topological polar surface area (TPSA) is 37.4 Å². The molecule has 0 spiro atoms. The smallest absolute Gasteiger partial charge is 0.254 e. The molecule has 1 heterocycles. The van der Waals surface area contributed by atoms with Gasteiger partial charge in [0.05, 0.1) is 6.04 Å². The monoisotopic (exact) mass is 255 g/mol. The number of fused-ring (bicyclic) bond motifs is 1. The normalized spacial score (nSPS) is 25.2. The third kappa shape index (κ3) is 1.89. The van der Waals surface area contributed by atoms with Crippen LogP contribution in [0.25, 0.3) is 0 Å². The molecule has 1 aromatic rings. The van der Waals surface area contributed by atoms with Crippen molar-refractivity contribution in [1.29, 1.82) is 0 Å². The van der Waals surface area contributed by atoms with Gasteiger partial charge in [-0.15, -0.1) is 0 Å². The van der Waals surface area contributed by atoms with Crippen molar-refractivity contribution in [3.8, 4) is 0 Å². The molecular weight excluding hydrogens is 238 g/mol. The maximum absolute atomic E-state index is 11.9. The highest BCUT2D eigenvalue weighted by atomic mass is 16.2. The van der Waals surface area contributed by atoms with E-state index < -0.39 is 0 Å². The first-order valence-electron chi connectivity index (χ1n) is 6.86. The Morgan fingerprint density at radius 2 is 1.74 bits per heavy atom. The summed E-state index contributed by atoms with van der Waals surface area (Å²) in [4.78, 5) is 25.1. The van der Waals surface area contributed by atoms with Crippen molar-refractivity contribution < 1.29 is 9.59 Å². The number of benzene rings is 1. The molecule has 0 N–H and O–H groups in total. The first-order chi connectivity index (χ1) is 9.22. The van der Waals surface area contributed by atoms with Crippen molar-refractivity contribution in [3.05, 3.63) is 47.5 Å². The SMILES string of the molecule is CCC[C@H]1C[C@H](N2C(=O)C=CC2=O)c2ccccc21. The molecule has 3 rings (SSSR count). The maximum Gasteiger partial charge on any atom is 0.254 e. The van der Waals surface area contributed by atoms with Gasteiger partial charge in [0.2, 0.25) is 0 Å². The largest absolute Gasteiger partial charge is 0.269 e. The second-order valence-electron chi connectivity index (χ2n) is 5.25. The molecule has 1 aliphatic heterocycles. The van der Waals surface area contributed by atoms with Crippen LogP contribution in [0.5, 0.6) is 0 Å². The molecule has 19 heavy (non-hydrogen) atoms. The van der Waals surface area contributed by atoms with E-state index in [2.05, 4.69) is 19.1 Å². The average molecular weight is 255 g/mol. The molecule has 0 radical (unpaired) electrons. The summed E-state index contributed by atoms with van der Waals surface area (Å²) in [5.41, 5.74) is 2.45. The Kier molecular flexibility index (Phi) is 2.97. The van der Waals surface area contributed by atoms with Crippen molar-refractivity contribution in [2.45, 2.75) is 38.1 Å². The number of imide groups is 1. The van der Waals surface area contributed by atoms with Gasteiger partial charge < -0.3 is 0 Å². The van der Waals surface area contributed by atoms with Crippen LogP contribution in [-0.4, -0.2) is 16.7 Å². The molecule has 1 aromatic carbocycles. The second kappa shape index (κ2) is 4.65. The molecule has 3 nitrogen and oxygen atoms in total. The van der Waals surface area contributed by atoms with Crippen LogP contribution in [0.1, 0.15) is 49.3 Å². The van der Waals surface area contributed by atoms with Crippen LogP contribution in [0.2, 0.25) is 0 Å². The zero-order valence-electron chi connectivity index (χ0n) is 11.0. The molecule has 0 aromatic heterocycles. The summed E-state index contributed by atoms with van der Waals surface area (Å²) in [7, 11) is 0. The van der Waals surface area contributed by atoms with E-state index in [1.165, 1.54) is 22.6 Å². The molecule has 2 aliphatic rings. The van der Waals surface area contributed by atoms with E-state index in [1.807, 2.05) is 12.1 Å². The number of amides is 2. The molecule has 1 aliphatic carbocycles. The number of carbonyl (C=O) groups excluding carboxylic acids is 2. The molecule has 0 saturated carbocycles. The fourth-order valence-electron chi connectivity index (χ4n) is 3.29. The van der Waals surface area contributed by atoms with Crippen LogP contribution in [0.3, 0.4) is 0 Å².